The first-order chi connectivity index (χ1) is 33.5. The lowest BCUT2D eigenvalue weighted by Crippen LogP contribution is -2.30. The molecule has 0 aliphatic heterocycles. The van der Waals surface area contributed by atoms with Crippen molar-refractivity contribution in [3.05, 3.63) is 60.8 Å². The molecular weight excluding hydrogens is 841 g/mol. The van der Waals surface area contributed by atoms with E-state index in [1.807, 2.05) is 0 Å². The van der Waals surface area contributed by atoms with E-state index < -0.39 is 6.10 Å². The van der Waals surface area contributed by atoms with Gasteiger partial charge in [0.2, 0.25) is 0 Å². The fourth-order valence-corrected chi connectivity index (χ4v) is 8.25. The van der Waals surface area contributed by atoms with Gasteiger partial charge in [-0.3, -0.25) is 14.4 Å². The molecule has 0 N–H and O–H groups in total. The van der Waals surface area contributed by atoms with Crippen LogP contribution >= 0.6 is 0 Å². The third-order valence-electron chi connectivity index (χ3n) is 12.7. The second-order valence-electron chi connectivity index (χ2n) is 19.5. The first-order valence-electron chi connectivity index (χ1n) is 29.3. The lowest BCUT2D eigenvalue weighted by Gasteiger charge is -2.18. The van der Waals surface area contributed by atoms with Crippen LogP contribution in [-0.4, -0.2) is 37.2 Å². The van der Waals surface area contributed by atoms with Crippen molar-refractivity contribution in [1.29, 1.82) is 0 Å². The van der Waals surface area contributed by atoms with Crippen LogP contribution in [-0.2, 0) is 28.6 Å². The maximum atomic E-state index is 12.9. The Morgan fingerprint density at radius 3 is 0.897 bits per heavy atom. The van der Waals surface area contributed by atoms with Crippen LogP contribution in [0, 0.1) is 0 Å². The highest BCUT2D eigenvalue weighted by atomic mass is 16.6. The molecule has 0 aromatic heterocycles. The van der Waals surface area contributed by atoms with Crippen LogP contribution in [0.1, 0.15) is 297 Å². The Hall–Kier alpha value is -2.89. The number of ether oxygens (including phenoxy) is 3. The van der Waals surface area contributed by atoms with Gasteiger partial charge >= 0.3 is 17.9 Å². The standard InChI is InChI=1S/C62H110O6/c1-4-7-10-13-16-19-22-25-28-30-31-33-34-37-40-43-46-49-52-55-61(64)67-58-59(57-66-60(63)54-51-48-45-42-39-36-27-24-21-18-15-12-9-6-3)68-62(65)56-53-50-47-44-41-38-35-32-29-26-23-20-17-14-11-8-5-2/h15,17-18,20,24-29,59H,4-14,16,19,21-23,30-58H2,1-3H3/b18-15+,20-17+,27-24+,28-25+,29-26+/t59-/m1/s1. The molecule has 0 amide bonds. The van der Waals surface area contributed by atoms with Gasteiger partial charge in [0.1, 0.15) is 13.2 Å². The van der Waals surface area contributed by atoms with Crippen molar-refractivity contribution in [1.82, 2.24) is 0 Å². The highest BCUT2D eigenvalue weighted by molar-refractivity contribution is 5.71. The number of allylic oxidation sites excluding steroid dienone is 10. The van der Waals surface area contributed by atoms with E-state index in [2.05, 4.69) is 81.5 Å². The molecule has 0 heterocycles. The molecule has 0 aromatic rings. The molecule has 0 aromatic carbocycles. The highest BCUT2D eigenvalue weighted by Gasteiger charge is 2.19. The number of carbonyl (C=O) groups is 3. The number of hydrogen-bond acceptors (Lipinski definition) is 6. The van der Waals surface area contributed by atoms with Crippen molar-refractivity contribution in [2.24, 2.45) is 0 Å². The Balaban J connectivity index is 4.38. The summed E-state index contributed by atoms with van der Waals surface area (Å²) in [5, 5.41) is 0. The second-order valence-corrected chi connectivity index (χ2v) is 19.5. The first-order valence-corrected chi connectivity index (χ1v) is 29.3. The fraction of sp³-hybridized carbons (Fsp3) is 0.790. The minimum atomic E-state index is -0.785. The van der Waals surface area contributed by atoms with Gasteiger partial charge < -0.3 is 14.2 Å². The predicted octanol–water partition coefficient (Wildman–Crippen LogP) is 19.6. The summed E-state index contributed by atoms with van der Waals surface area (Å²) >= 11 is 0. The molecule has 6 nitrogen and oxygen atoms in total. The minimum absolute atomic E-state index is 0.0820. The Morgan fingerprint density at radius 2 is 0.544 bits per heavy atom. The maximum absolute atomic E-state index is 12.9. The average Bonchev–Trinajstić information content (AvgIpc) is 3.34. The molecule has 68 heavy (non-hydrogen) atoms. The van der Waals surface area contributed by atoms with E-state index in [9.17, 15) is 14.4 Å². The van der Waals surface area contributed by atoms with Gasteiger partial charge in [-0.1, -0.05) is 236 Å². The lowest BCUT2D eigenvalue weighted by molar-refractivity contribution is -0.167. The third-order valence-corrected chi connectivity index (χ3v) is 12.7. The monoisotopic (exact) mass is 951 g/mol. The van der Waals surface area contributed by atoms with Gasteiger partial charge in [-0.2, -0.15) is 0 Å². The highest BCUT2D eigenvalue weighted by Crippen LogP contribution is 2.15. The lowest BCUT2D eigenvalue weighted by atomic mass is 10.1. The molecule has 0 unspecified atom stereocenters. The SMILES string of the molecule is CCCC/C=C/C/C=C/CCCCCCCC(=O)OC[C@H](COC(=O)CCCCCCCCCCC/C=C/CCCCCCCC)OC(=O)CCCCCCCCC/C=C/C/C=C/CCCCC. The number of rotatable bonds is 53. The number of unbranched alkanes of at least 4 members (excludes halogenated alkanes) is 32. The van der Waals surface area contributed by atoms with E-state index in [1.54, 1.807) is 0 Å². The molecule has 0 saturated heterocycles. The van der Waals surface area contributed by atoms with E-state index in [0.29, 0.717) is 19.3 Å². The van der Waals surface area contributed by atoms with Gasteiger partial charge in [0.05, 0.1) is 0 Å². The molecule has 1 atom stereocenters. The molecule has 0 fully saturated rings. The Kier molecular flexibility index (Phi) is 54.3. The van der Waals surface area contributed by atoms with Crippen LogP contribution in [0.15, 0.2) is 60.8 Å². The van der Waals surface area contributed by atoms with Crippen molar-refractivity contribution in [2.45, 2.75) is 303 Å². The summed E-state index contributed by atoms with van der Waals surface area (Å²) < 4.78 is 16.9. The van der Waals surface area contributed by atoms with Crippen molar-refractivity contribution >= 4 is 17.9 Å². The number of carbonyl (C=O) groups excluding carboxylic acids is 3. The van der Waals surface area contributed by atoms with Gasteiger partial charge in [-0.05, 0) is 103 Å². The van der Waals surface area contributed by atoms with Crippen LogP contribution in [0.2, 0.25) is 0 Å². The second kappa shape index (κ2) is 56.7. The summed E-state index contributed by atoms with van der Waals surface area (Å²) in [4.78, 5) is 38.2. The van der Waals surface area contributed by atoms with Crippen LogP contribution in [0.25, 0.3) is 0 Å². The molecule has 0 bridgehead atoms. The summed E-state index contributed by atoms with van der Waals surface area (Å²) in [5.41, 5.74) is 0. The molecule has 0 radical (unpaired) electrons. The Labute approximate surface area is 421 Å². The number of hydrogen-bond donors (Lipinski definition) is 0. The summed E-state index contributed by atoms with van der Waals surface area (Å²) in [6, 6.07) is 0. The van der Waals surface area contributed by atoms with Crippen molar-refractivity contribution in [2.75, 3.05) is 13.2 Å². The minimum Gasteiger partial charge on any atom is -0.462 e. The third kappa shape index (κ3) is 54.1. The summed E-state index contributed by atoms with van der Waals surface area (Å²) in [5.74, 6) is -0.895. The molecular formula is C62H110O6. The molecule has 0 spiro atoms. The van der Waals surface area contributed by atoms with Crippen LogP contribution in [0.5, 0.6) is 0 Å². The molecule has 0 aliphatic carbocycles. The van der Waals surface area contributed by atoms with E-state index in [-0.39, 0.29) is 31.1 Å². The molecule has 0 aliphatic rings. The zero-order valence-electron chi connectivity index (χ0n) is 45.1. The number of esters is 3. The van der Waals surface area contributed by atoms with Gasteiger partial charge in [0.25, 0.3) is 0 Å². The normalized spacial score (nSPS) is 12.5. The fourth-order valence-electron chi connectivity index (χ4n) is 8.25. The summed E-state index contributed by atoms with van der Waals surface area (Å²) in [6.45, 7) is 6.58. The maximum Gasteiger partial charge on any atom is 0.306 e. The van der Waals surface area contributed by atoms with Gasteiger partial charge in [0, 0.05) is 19.3 Å². The zero-order chi connectivity index (χ0) is 49.3. The van der Waals surface area contributed by atoms with Gasteiger partial charge in [-0.15, -0.1) is 0 Å². The zero-order valence-corrected chi connectivity index (χ0v) is 45.1. The first kappa shape index (κ1) is 65.1. The van der Waals surface area contributed by atoms with E-state index in [4.69, 9.17) is 14.2 Å². The van der Waals surface area contributed by atoms with E-state index in [1.165, 1.54) is 167 Å². The molecule has 0 saturated carbocycles. The van der Waals surface area contributed by atoms with Crippen LogP contribution in [0.4, 0.5) is 0 Å². The summed E-state index contributed by atoms with van der Waals surface area (Å²) in [6.07, 6.45) is 70.6. The smallest absolute Gasteiger partial charge is 0.306 e. The Bertz CT molecular complexity index is 1230. The quantitative estimate of drug-likeness (QED) is 0.0262. The summed E-state index contributed by atoms with van der Waals surface area (Å²) in [7, 11) is 0. The van der Waals surface area contributed by atoms with Gasteiger partial charge in [0.15, 0.2) is 6.10 Å². The largest absolute Gasteiger partial charge is 0.462 e. The van der Waals surface area contributed by atoms with Crippen molar-refractivity contribution < 1.29 is 28.6 Å². The molecule has 394 valence electrons. The molecule has 0 rings (SSSR count). The van der Waals surface area contributed by atoms with E-state index >= 15 is 0 Å². The Morgan fingerprint density at radius 1 is 0.294 bits per heavy atom. The topological polar surface area (TPSA) is 78.9 Å². The average molecular weight is 952 g/mol. The van der Waals surface area contributed by atoms with E-state index in [0.717, 1.165) is 89.9 Å². The van der Waals surface area contributed by atoms with Crippen LogP contribution < -0.4 is 0 Å². The van der Waals surface area contributed by atoms with Gasteiger partial charge in [-0.25, -0.2) is 0 Å². The van der Waals surface area contributed by atoms with Crippen molar-refractivity contribution in [3.8, 4) is 0 Å². The molecule has 6 heteroatoms. The van der Waals surface area contributed by atoms with Crippen molar-refractivity contribution in [3.63, 3.8) is 0 Å². The van der Waals surface area contributed by atoms with Crippen LogP contribution in [0.3, 0.4) is 0 Å². The predicted molar refractivity (Wildman–Crippen MR) is 293 cm³/mol.